The molecule has 3 N–H and O–H groups in total. The predicted octanol–water partition coefficient (Wildman–Crippen LogP) is 1.38. The summed E-state index contributed by atoms with van der Waals surface area (Å²) in [6, 6.07) is 7.93. The molecule has 1 unspecified atom stereocenters. The topological polar surface area (TPSA) is 94.8 Å². The van der Waals surface area contributed by atoms with E-state index in [-0.39, 0.29) is 0 Å². The Morgan fingerprint density at radius 3 is 2.20 bits per heavy atom. The number of hydrogen-bond donors (Lipinski definition) is 3. The molecule has 0 saturated carbocycles. The van der Waals surface area contributed by atoms with Crippen molar-refractivity contribution in [2.24, 2.45) is 0 Å². The highest BCUT2D eigenvalue weighted by atomic mass is 31.2. The van der Waals surface area contributed by atoms with E-state index in [2.05, 4.69) is 0 Å². The van der Waals surface area contributed by atoms with E-state index in [1.54, 1.807) is 18.2 Å². The van der Waals surface area contributed by atoms with Crippen LogP contribution in [0.5, 0.6) is 0 Å². The van der Waals surface area contributed by atoms with E-state index < -0.39 is 25.6 Å². The van der Waals surface area contributed by atoms with Crippen LogP contribution in [-0.2, 0) is 9.36 Å². The number of benzene rings is 1. The van der Waals surface area contributed by atoms with Gasteiger partial charge in [0.05, 0.1) is 12.1 Å². The summed E-state index contributed by atoms with van der Waals surface area (Å²) in [5, 5.41) is 8.57. The number of hydrogen-bond acceptors (Lipinski definition) is 2. The van der Waals surface area contributed by atoms with Gasteiger partial charge in [-0.15, -0.1) is 0 Å². The fourth-order valence-electron chi connectivity index (χ4n) is 1.27. The first-order valence-electron chi connectivity index (χ1n) is 4.23. The van der Waals surface area contributed by atoms with Crippen LogP contribution < -0.4 is 0 Å². The van der Waals surface area contributed by atoms with Crippen molar-refractivity contribution in [2.75, 3.05) is 0 Å². The lowest BCUT2D eigenvalue weighted by Gasteiger charge is -2.16. The zero-order valence-corrected chi connectivity index (χ0v) is 8.67. The van der Waals surface area contributed by atoms with Crippen LogP contribution in [-0.4, -0.2) is 20.9 Å². The van der Waals surface area contributed by atoms with Crippen LogP contribution >= 0.6 is 7.60 Å². The summed E-state index contributed by atoms with van der Waals surface area (Å²) in [7, 11) is -4.43. The minimum absolute atomic E-state index is 0.341. The summed E-state index contributed by atoms with van der Waals surface area (Å²) in [5.74, 6) is -1.23. The summed E-state index contributed by atoms with van der Waals surface area (Å²) in [5.41, 5.74) is -0.926. The molecule has 6 heteroatoms. The Hall–Kier alpha value is -1.16. The Morgan fingerprint density at radius 2 is 1.80 bits per heavy atom. The van der Waals surface area contributed by atoms with E-state index in [0.717, 1.165) is 0 Å². The van der Waals surface area contributed by atoms with Crippen molar-refractivity contribution in [1.29, 1.82) is 0 Å². The molecule has 0 radical (unpaired) electrons. The van der Waals surface area contributed by atoms with Crippen LogP contribution in [0.1, 0.15) is 17.6 Å². The molecule has 0 aromatic heterocycles. The maximum atomic E-state index is 11.1. The van der Waals surface area contributed by atoms with Crippen molar-refractivity contribution >= 4 is 13.6 Å². The average molecular weight is 230 g/mol. The Morgan fingerprint density at radius 1 is 1.27 bits per heavy atom. The largest absolute Gasteiger partial charge is 0.481 e. The molecular weight excluding hydrogens is 219 g/mol. The molecule has 15 heavy (non-hydrogen) atoms. The van der Waals surface area contributed by atoms with Gasteiger partial charge in [-0.05, 0) is 5.56 Å². The molecule has 0 aliphatic carbocycles. The van der Waals surface area contributed by atoms with E-state index in [9.17, 15) is 9.36 Å². The van der Waals surface area contributed by atoms with E-state index in [0.29, 0.717) is 5.56 Å². The first-order chi connectivity index (χ1) is 6.91. The number of rotatable bonds is 4. The second-order valence-corrected chi connectivity index (χ2v) is 4.91. The highest BCUT2D eigenvalue weighted by molar-refractivity contribution is 7.52. The number of carboxylic acids is 1. The minimum atomic E-state index is -4.43. The van der Waals surface area contributed by atoms with Gasteiger partial charge in [-0.25, -0.2) is 0 Å². The van der Waals surface area contributed by atoms with Gasteiger partial charge in [-0.3, -0.25) is 9.36 Å². The lowest BCUT2D eigenvalue weighted by Crippen LogP contribution is -2.06. The quantitative estimate of drug-likeness (QED) is 0.679. The third kappa shape index (κ3) is 3.47. The molecule has 0 aliphatic heterocycles. The predicted molar refractivity (Wildman–Crippen MR) is 53.5 cm³/mol. The number of carbonyl (C=O) groups is 1. The average Bonchev–Trinajstić information content (AvgIpc) is 2.14. The maximum Gasteiger partial charge on any atom is 0.333 e. The fraction of sp³-hybridized carbons (Fsp3) is 0.222. The van der Waals surface area contributed by atoms with Gasteiger partial charge in [0.15, 0.2) is 0 Å². The standard InChI is InChI=1S/C9H11O5P/c10-9(11)6-8(15(12,13)14)7-4-2-1-3-5-7/h1-5,8H,6H2,(H,10,11)(H2,12,13,14). The fourth-order valence-corrected chi connectivity index (χ4v) is 2.23. The summed E-state index contributed by atoms with van der Waals surface area (Å²) in [4.78, 5) is 28.5. The molecule has 5 nitrogen and oxygen atoms in total. The van der Waals surface area contributed by atoms with Gasteiger partial charge in [-0.1, -0.05) is 30.3 Å². The number of aliphatic carboxylic acids is 1. The second-order valence-electron chi connectivity index (χ2n) is 3.11. The van der Waals surface area contributed by atoms with Crippen LogP contribution in [0.15, 0.2) is 30.3 Å². The van der Waals surface area contributed by atoms with Crippen LogP contribution in [0.2, 0.25) is 0 Å². The van der Waals surface area contributed by atoms with Gasteiger partial charge < -0.3 is 14.9 Å². The van der Waals surface area contributed by atoms with Crippen molar-refractivity contribution < 1.29 is 24.3 Å². The van der Waals surface area contributed by atoms with Crippen molar-refractivity contribution in [3.8, 4) is 0 Å². The van der Waals surface area contributed by atoms with Gasteiger partial charge in [0.1, 0.15) is 0 Å². The highest BCUT2D eigenvalue weighted by Crippen LogP contribution is 2.53. The van der Waals surface area contributed by atoms with Crippen LogP contribution in [0.4, 0.5) is 0 Å². The van der Waals surface area contributed by atoms with E-state index >= 15 is 0 Å². The zero-order chi connectivity index (χ0) is 11.5. The first-order valence-corrected chi connectivity index (χ1v) is 5.91. The van der Waals surface area contributed by atoms with Gasteiger partial charge >= 0.3 is 13.6 Å². The molecule has 1 aromatic rings. The van der Waals surface area contributed by atoms with Crippen LogP contribution in [0.3, 0.4) is 0 Å². The Balaban J connectivity index is 3.02. The molecule has 0 spiro atoms. The van der Waals surface area contributed by atoms with Crippen LogP contribution in [0.25, 0.3) is 0 Å². The first kappa shape index (κ1) is 11.9. The Bertz CT molecular complexity index is 383. The molecule has 1 aromatic carbocycles. The second kappa shape index (κ2) is 4.57. The molecule has 0 fully saturated rings. The van der Waals surface area contributed by atoms with Crippen molar-refractivity contribution in [1.82, 2.24) is 0 Å². The lowest BCUT2D eigenvalue weighted by atomic mass is 10.1. The third-order valence-corrected chi connectivity index (χ3v) is 3.25. The van der Waals surface area contributed by atoms with E-state index in [1.807, 2.05) is 0 Å². The number of carboxylic acid groups (broad SMARTS) is 1. The lowest BCUT2D eigenvalue weighted by molar-refractivity contribution is -0.137. The SMILES string of the molecule is O=C(O)CC(c1ccccc1)P(=O)(O)O. The molecule has 0 saturated heterocycles. The van der Waals surface area contributed by atoms with E-state index in [1.165, 1.54) is 12.1 Å². The highest BCUT2D eigenvalue weighted by Gasteiger charge is 2.32. The van der Waals surface area contributed by atoms with Crippen molar-refractivity contribution in [2.45, 2.75) is 12.1 Å². The van der Waals surface area contributed by atoms with Crippen molar-refractivity contribution in [3.63, 3.8) is 0 Å². The van der Waals surface area contributed by atoms with Crippen molar-refractivity contribution in [3.05, 3.63) is 35.9 Å². The molecule has 0 bridgehead atoms. The molecule has 82 valence electrons. The molecular formula is C9H11O5P. The Labute approximate surface area is 86.5 Å². The van der Waals surface area contributed by atoms with Gasteiger partial charge in [0.2, 0.25) is 0 Å². The smallest absolute Gasteiger partial charge is 0.333 e. The molecule has 0 amide bonds. The molecule has 1 atom stereocenters. The maximum absolute atomic E-state index is 11.1. The summed E-state index contributed by atoms with van der Waals surface area (Å²) in [6.07, 6.45) is -0.575. The molecule has 0 heterocycles. The zero-order valence-electron chi connectivity index (χ0n) is 7.78. The van der Waals surface area contributed by atoms with Gasteiger partial charge in [0, 0.05) is 0 Å². The van der Waals surface area contributed by atoms with Crippen LogP contribution in [0, 0.1) is 0 Å². The third-order valence-electron chi connectivity index (χ3n) is 1.96. The minimum Gasteiger partial charge on any atom is -0.481 e. The van der Waals surface area contributed by atoms with Gasteiger partial charge in [-0.2, -0.15) is 0 Å². The monoisotopic (exact) mass is 230 g/mol. The Kier molecular flexibility index (Phi) is 3.63. The molecule has 1 rings (SSSR count). The summed E-state index contributed by atoms with van der Waals surface area (Å²) in [6.45, 7) is 0. The van der Waals surface area contributed by atoms with Gasteiger partial charge in [0.25, 0.3) is 0 Å². The normalized spacial score (nSPS) is 13.5. The molecule has 0 aliphatic rings. The van der Waals surface area contributed by atoms with E-state index in [4.69, 9.17) is 14.9 Å². The summed E-state index contributed by atoms with van der Waals surface area (Å²) >= 11 is 0. The summed E-state index contributed by atoms with van der Waals surface area (Å²) < 4.78 is 11.1.